The summed E-state index contributed by atoms with van der Waals surface area (Å²) in [6.45, 7) is 2.56. The van der Waals surface area contributed by atoms with Crippen LogP contribution in [0.5, 0.6) is 0 Å². The quantitative estimate of drug-likeness (QED) is 0.749. The lowest BCUT2D eigenvalue weighted by Crippen LogP contribution is -2.11. The fourth-order valence-electron chi connectivity index (χ4n) is 4.55. The number of benzene rings is 1. The van der Waals surface area contributed by atoms with Crippen molar-refractivity contribution in [2.75, 3.05) is 13.2 Å². The van der Waals surface area contributed by atoms with Gasteiger partial charge in [-0.2, -0.15) is 5.10 Å². The number of aromatic amines is 1. The van der Waals surface area contributed by atoms with Crippen molar-refractivity contribution in [3.8, 4) is 11.3 Å². The number of imidazole rings is 1. The van der Waals surface area contributed by atoms with Gasteiger partial charge in [-0.1, -0.05) is 30.3 Å². The summed E-state index contributed by atoms with van der Waals surface area (Å²) in [5.74, 6) is 0.427. The Balaban J connectivity index is 1.44. The standard InChI is InChI=1S/C22H26N4O/c1-2-6-16(7-3-1)21-22(17-11-13-27-14-17)26(15-23-21)12-10-20-18-8-4-5-9-19(18)24-25-20/h1-3,6-7,15,17H,4-5,8-14H2,(H,24,25). The van der Waals surface area contributed by atoms with E-state index in [1.807, 2.05) is 6.33 Å². The van der Waals surface area contributed by atoms with Crippen molar-refractivity contribution in [1.82, 2.24) is 19.7 Å². The third-order valence-electron chi connectivity index (χ3n) is 5.97. The van der Waals surface area contributed by atoms with Crippen LogP contribution in [0.1, 0.15) is 47.8 Å². The van der Waals surface area contributed by atoms with Crippen LogP contribution in [0.2, 0.25) is 0 Å². The van der Waals surface area contributed by atoms with Gasteiger partial charge in [-0.25, -0.2) is 4.98 Å². The largest absolute Gasteiger partial charge is 0.381 e. The van der Waals surface area contributed by atoms with Crippen molar-refractivity contribution in [3.05, 3.63) is 59.3 Å². The summed E-state index contributed by atoms with van der Waals surface area (Å²) < 4.78 is 8.03. The molecule has 3 heterocycles. The first-order valence-electron chi connectivity index (χ1n) is 10.1. The molecule has 0 amide bonds. The van der Waals surface area contributed by atoms with Gasteiger partial charge >= 0.3 is 0 Å². The maximum absolute atomic E-state index is 5.69. The van der Waals surface area contributed by atoms with E-state index in [9.17, 15) is 0 Å². The Morgan fingerprint density at radius 3 is 2.89 bits per heavy atom. The molecule has 1 aliphatic carbocycles. The third-order valence-corrected chi connectivity index (χ3v) is 5.97. The lowest BCUT2D eigenvalue weighted by Gasteiger charge is -2.15. The van der Waals surface area contributed by atoms with Crippen molar-refractivity contribution in [2.45, 2.75) is 51.0 Å². The van der Waals surface area contributed by atoms with E-state index in [4.69, 9.17) is 9.72 Å². The van der Waals surface area contributed by atoms with Crippen LogP contribution in [-0.2, 0) is 30.5 Å². The van der Waals surface area contributed by atoms with E-state index >= 15 is 0 Å². The Labute approximate surface area is 159 Å². The molecule has 1 unspecified atom stereocenters. The van der Waals surface area contributed by atoms with Crippen LogP contribution in [-0.4, -0.2) is 33.0 Å². The van der Waals surface area contributed by atoms with Gasteiger partial charge in [-0.15, -0.1) is 0 Å². The second-order valence-corrected chi connectivity index (χ2v) is 7.68. The molecule has 5 nitrogen and oxygen atoms in total. The van der Waals surface area contributed by atoms with Crippen molar-refractivity contribution in [1.29, 1.82) is 0 Å². The van der Waals surface area contributed by atoms with E-state index in [1.54, 1.807) is 0 Å². The van der Waals surface area contributed by atoms with Crippen molar-refractivity contribution in [3.63, 3.8) is 0 Å². The molecule has 1 atom stereocenters. The van der Waals surface area contributed by atoms with E-state index in [-0.39, 0.29) is 0 Å². The molecular formula is C22H26N4O. The lowest BCUT2D eigenvalue weighted by molar-refractivity contribution is 0.193. The zero-order valence-electron chi connectivity index (χ0n) is 15.7. The molecular weight excluding hydrogens is 336 g/mol. The average Bonchev–Trinajstić information content (AvgIpc) is 3.46. The van der Waals surface area contributed by atoms with Crippen LogP contribution in [0.25, 0.3) is 11.3 Å². The summed E-state index contributed by atoms with van der Waals surface area (Å²) in [5.41, 5.74) is 7.69. The first kappa shape index (κ1) is 16.8. The van der Waals surface area contributed by atoms with Gasteiger partial charge in [0, 0.05) is 36.7 Å². The van der Waals surface area contributed by atoms with Gasteiger partial charge in [0.05, 0.1) is 30.0 Å². The normalized spacial score (nSPS) is 19.3. The molecule has 0 radical (unpaired) electrons. The Bertz CT molecular complexity index is 906. The van der Waals surface area contributed by atoms with Crippen LogP contribution in [0.4, 0.5) is 0 Å². The molecule has 140 valence electrons. The minimum absolute atomic E-state index is 0.427. The number of hydrogen-bond donors (Lipinski definition) is 1. The van der Waals surface area contributed by atoms with Gasteiger partial charge in [0.1, 0.15) is 0 Å². The molecule has 5 rings (SSSR count). The minimum atomic E-state index is 0.427. The number of aromatic nitrogens is 4. The molecule has 2 aliphatic rings. The highest BCUT2D eigenvalue weighted by molar-refractivity contribution is 5.62. The van der Waals surface area contributed by atoms with Crippen LogP contribution in [0, 0.1) is 0 Å². The Hall–Kier alpha value is -2.40. The molecule has 3 aromatic rings. The highest BCUT2D eigenvalue weighted by atomic mass is 16.5. The highest BCUT2D eigenvalue weighted by Crippen LogP contribution is 2.33. The van der Waals surface area contributed by atoms with Crippen molar-refractivity contribution in [2.24, 2.45) is 0 Å². The zero-order chi connectivity index (χ0) is 18.1. The fourth-order valence-corrected chi connectivity index (χ4v) is 4.55. The maximum Gasteiger partial charge on any atom is 0.0956 e. The molecule has 1 aliphatic heterocycles. The second kappa shape index (κ2) is 7.31. The SMILES string of the molecule is c1ccc(-c2ncn(CCc3n[nH]c4c3CCCC4)c2C2CCOC2)cc1. The summed E-state index contributed by atoms with van der Waals surface area (Å²) in [6.07, 6.45) is 8.92. The fraction of sp³-hybridized carbons (Fsp3) is 0.455. The smallest absolute Gasteiger partial charge is 0.0956 e. The van der Waals surface area contributed by atoms with Crippen LogP contribution in [0.15, 0.2) is 36.7 Å². The molecule has 1 fully saturated rings. The predicted octanol–water partition coefficient (Wildman–Crippen LogP) is 3.90. The summed E-state index contributed by atoms with van der Waals surface area (Å²) in [7, 11) is 0. The average molecular weight is 362 g/mol. The molecule has 0 saturated carbocycles. The van der Waals surface area contributed by atoms with Crippen LogP contribution < -0.4 is 0 Å². The second-order valence-electron chi connectivity index (χ2n) is 7.68. The number of nitrogens with zero attached hydrogens (tertiary/aromatic N) is 3. The summed E-state index contributed by atoms with van der Waals surface area (Å²) >= 11 is 0. The summed E-state index contributed by atoms with van der Waals surface area (Å²) in [5, 5.41) is 7.89. The van der Waals surface area contributed by atoms with Gasteiger partial charge in [-0.05, 0) is 37.7 Å². The van der Waals surface area contributed by atoms with E-state index in [1.165, 1.54) is 47.5 Å². The number of aryl methyl sites for hydroxylation is 3. The first-order valence-corrected chi connectivity index (χ1v) is 10.1. The number of rotatable bonds is 5. The van der Waals surface area contributed by atoms with Crippen molar-refractivity contribution >= 4 is 0 Å². The lowest BCUT2D eigenvalue weighted by atomic mass is 9.95. The van der Waals surface area contributed by atoms with Gasteiger partial charge < -0.3 is 9.30 Å². The number of nitrogens with one attached hydrogen (secondary N) is 1. The van der Waals surface area contributed by atoms with E-state index < -0.39 is 0 Å². The maximum atomic E-state index is 5.69. The number of fused-ring (bicyclic) bond motifs is 1. The number of H-pyrrole nitrogens is 1. The summed E-state index contributed by atoms with van der Waals surface area (Å²) in [4.78, 5) is 4.80. The minimum Gasteiger partial charge on any atom is -0.381 e. The summed E-state index contributed by atoms with van der Waals surface area (Å²) in [6, 6.07) is 10.5. The van der Waals surface area contributed by atoms with Gasteiger partial charge in [0.2, 0.25) is 0 Å². The van der Waals surface area contributed by atoms with Crippen LogP contribution >= 0.6 is 0 Å². The van der Waals surface area contributed by atoms with E-state index in [2.05, 4.69) is 45.1 Å². The molecule has 2 aromatic heterocycles. The topological polar surface area (TPSA) is 55.7 Å². The predicted molar refractivity (Wildman–Crippen MR) is 105 cm³/mol. The Morgan fingerprint density at radius 2 is 2.04 bits per heavy atom. The number of hydrogen-bond acceptors (Lipinski definition) is 3. The Morgan fingerprint density at radius 1 is 1.15 bits per heavy atom. The van der Waals surface area contributed by atoms with E-state index in [0.29, 0.717) is 5.92 Å². The Kier molecular flexibility index (Phi) is 4.54. The molecule has 27 heavy (non-hydrogen) atoms. The molecule has 1 saturated heterocycles. The molecule has 0 bridgehead atoms. The zero-order valence-corrected chi connectivity index (χ0v) is 15.7. The highest BCUT2D eigenvalue weighted by Gasteiger charge is 2.26. The van der Waals surface area contributed by atoms with Gasteiger partial charge in [0.15, 0.2) is 0 Å². The van der Waals surface area contributed by atoms with Gasteiger partial charge in [0.25, 0.3) is 0 Å². The molecule has 0 spiro atoms. The van der Waals surface area contributed by atoms with Crippen LogP contribution in [0.3, 0.4) is 0 Å². The number of ether oxygens (including phenoxy) is 1. The van der Waals surface area contributed by atoms with Gasteiger partial charge in [-0.3, -0.25) is 5.10 Å². The molecule has 5 heteroatoms. The third kappa shape index (κ3) is 3.21. The van der Waals surface area contributed by atoms with Crippen molar-refractivity contribution < 1.29 is 4.74 Å². The first-order chi connectivity index (χ1) is 13.4. The van der Waals surface area contributed by atoms with E-state index in [0.717, 1.165) is 44.7 Å². The molecule has 1 N–H and O–H groups in total. The monoisotopic (exact) mass is 362 g/mol. The molecule has 1 aromatic carbocycles.